The van der Waals surface area contributed by atoms with Crippen LogP contribution < -0.4 is 5.32 Å². The first-order valence-corrected chi connectivity index (χ1v) is 5.55. The lowest BCUT2D eigenvalue weighted by atomic mass is 9.90. The van der Waals surface area contributed by atoms with Gasteiger partial charge in [-0.15, -0.1) is 0 Å². The Morgan fingerprint density at radius 3 is 2.77 bits per heavy atom. The van der Waals surface area contributed by atoms with E-state index in [1.807, 2.05) is 0 Å². The highest BCUT2D eigenvalue weighted by atomic mass is 19.1. The van der Waals surface area contributed by atoms with Crippen LogP contribution in [0.15, 0.2) is 0 Å². The molecule has 0 bridgehead atoms. The predicted molar refractivity (Wildman–Crippen MR) is 54.6 cm³/mol. The molecule has 1 saturated heterocycles. The standard InChI is InChI=1S/C11H22FN/c1-9(2)8-11(12)10-4-3-6-13-7-5-10/h9-11,13H,3-8H2,1-2H3. The molecular weight excluding hydrogens is 165 g/mol. The van der Waals surface area contributed by atoms with Gasteiger partial charge >= 0.3 is 0 Å². The van der Waals surface area contributed by atoms with Crippen LogP contribution >= 0.6 is 0 Å². The Kier molecular flexibility index (Phi) is 4.71. The van der Waals surface area contributed by atoms with E-state index >= 15 is 0 Å². The lowest BCUT2D eigenvalue weighted by molar-refractivity contribution is 0.181. The maximum Gasteiger partial charge on any atom is 0.103 e. The molecule has 1 fully saturated rings. The largest absolute Gasteiger partial charge is 0.317 e. The molecule has 1 heterocycles. The normalized spacial score (nSPS) is 27.2. The summed E-state index contributed by atoms with van der Waals surface area (Å²) in [5.41, 5.74) is 0. The van der Waals surface area contributed by atoms with E-state index in [0.717, 1.165) is 38.8 Å². The number of alkyl halides is 1. The van der Waals surface area contributed by atoms with Gasteiger partial charge in [-0.1, -0.05) is 13.8 Å². The number of hydrogen-bond donors (Lipinski definition) is 1. The van der Waals surface area contributed by atoms with Gasteiger partial charge in [-0.2, -0.15) is 0 Å². The van der Waals surface area contributed by atoms with Crippen LogP contribution in [0.25, 0.3) is 0 Å². The third-order valence-corrected chi connectivity index (χ3v) is 2.83. The Hall–Kier alpha value is -0.110. The lowest BCUT2D eigenvalue weighted by Crippen LogP contribution is -2.20. The van der Waals surface area contributed by atoms with Crippen LogP contribution in [0.2, 0.25) is 0 Å². The van der Waals surface area contributed by atoms with Gasteiger partial charge in [0.1, 0.15) is 6.17 Å². The van der Waals surface area contributed by atoms with Crippen molar-refractivity contribution in [1.29, 1.82) is 0 Å². The van der Waals surface area contributed by atoms with Crippen molar-refractivity contribution in [2.45, 2.75) is 45.7 Å². The molecule has 1 aliphatic rings. The maximum absolute atomic E-state index is 13.7. The summed E-state index contributed by atoms with van der Waals surface area (Å²) in [4.78, 5) is 0. The van der Waals surface area contributed by atoms with Gasteiger partial charge in [0.25, 0.3) is 0 Å². The molecular formula is C11H22FN. The van der Waals surface area contributed by atoms with E-state index in [2.05, 4.69) is 19.2 Å². The Morgan fingerprint density at radius 1 is 1.31 bits per heavy atom. The van der Waals surface area contributed by atoms with Gasteiger partial charge in [-0.25, -0.2) is 4.39 Å². The van der Waals surface area contributed by atoms with Crippen LogP contribution in [0, 0.1) is 11.8 Å². The van der Waals surface area contributed by atoms with E-state index in [4.69, 9.17) is 0 Å². The Labute approximate surface area is 81.1 Å². The second kappa shape index (κ2) is 5.58. The minimum Gasteiger partial charge on any atom is -0.317 e. The molecule has 2 heteroatoms. The lowest BCUT2D eigenvalue weighted by Gasteiger charge is -2.20. The predicted octanol–water partition coefficient (Wildman–Crippen LogP) is 2.76. The topological polar surface area (TPSA) is 12.0 Å². The zero-order chi connectivity index (χ0) is 9.68. The van der Waals surface area contributed by atoms with Crippen LogP contribution in [-0.2, 0) is 0 Å². The van der Waals surface area contributed by atoms with Gasteiger partial charge in [-0.3, -0.25) is 0 Å². The Balaban J connectivity index is 2.30. The van der Waals surface area contributed by atoms with Crippen LogP contribution in [0.3, 0.4) is 0 Å². The minimum absolute atomic E-state index is 0.317. The van der Waals surface area contributed by atoms with Gasteiger partial charge in [-0.05, 0) is 50.6 Å². The number of hydrogen-bond acceptors (Lipinski definition) is 1. The fourth-order valence-corrected chi connectivity index (χ4v) is 2.05. The van der Waals surface area contributed by atoms with Gasteiger partial charge in [0.15, 0.2) is 0 Å². The van der Waals surface area contributed by atoms with Gasteiger partial charge in [0.2, 0.25) is 0 Å². The van der Waals surface area contributed by atoms with Crippen molar-refractivity contribution in [2.24, 2.45) is 11.8 Å². The third kappa shape index (κ3) is 4.08. The maximum atomic E-state index is 13.7. The fraction of sp³-hybridized carbons (Fsp3) is 1.00. The molecule has 0 radical (unpaired) electrons. The summed E-state index contributed by atoms with van der Waals surface area (Å²) in [7, 11) is 0. The van der Waals surface area contributed by atoms with E-state index in [0.29, 0.717) is 11.8 Å². The van der Waals surface area contributed by atoms with E-state index in [-0.39, 0.29) is 0 Å². The molecule has 1 N–H and O–H groups in total. The molecule has 1 nitrogen and oxygen atoms in total. The van der Waals surface area contributed by atoms with Crippen molar-refractivity contribution >= 4 is 0 Å². The molecule has 2 atom stereocenters. The Morgan fingerprint density at radius 2 is 2.08 bits per heavy atom. The average Bonchev–Trinajstić information content (AvgIpc) is 2.29. The SMILES string of the molecule is CC(C)CC(F)C1CCCNCC1. The molecule has 78 valence electrons. The van der Waals surface area contributed by atoms with Crippen LogP contribution in [0.1, 0.15) is 39.5 Å². The summed E-state index contributed by atoms with van der Waals surface area (Å²) in [6.45, 7) is 6.27. The third-order valence-electron chi connectivity index (χ3n) is 2.83. The van der Waals surface area contributed by atoms with Crippen molar-refractivity contribution in [3.63, 3.8) is 0 Å². The number of rotatable bonds is 3. The summed E-state index contributed by atoms with van der Waals surface area (Å²) in [6.07, 6.45) is 3.41. The number of nitrogens with one attached hydrogen (secondary N) is 1. The van der Waals surface area contributed by atoms with Crippen LogP contribution in [0.5, 0.6) is 0 Å². The molecule has 0 aromatic rings. The van der Waals surface area contributed by atoms with Gasteiger partial charge < -0.3 is 5.32 Å². The molecule has 0 aromatic heterocycles. The van der Waals surface area contributed by atoms with E-state index in [1.54, 1.807) is 0 Å². The Bertz CT molecular complexity index is 128. The quantitative estimate of drug-likeness (QED) is 0.716. The first kappa shape index (κ1) is 11.0. The highest BCUT2D eigenvalue weighted by Crippen LogP contribution is 2.24. The highest BCUT2D eigenvalue weighted by molar-refractivity contribution is 4.74. The molecule has 0 aliphatic carbocycles. The first-order chi connectivity index (χ1) is 6.20. The van der Waals surface area contributed by atoms with E-state index < -0.39 is 6.17 Å². The monoisotopic (exact) mass is 187 g/mol. The molecule has 0 amide bonds. The van der Waals surface area contributed by atoms with Crippen LogP contribution in [-0.4, -0.2) is 19.3 Å². The number of halogens is 1. The van der Waals surface area contributed by atoms with Crippen molar-refractivity contribution in [2.75, 3.05) is 13.1 Å². The smallest absolute Gasteiger partial charge is 0.103 e. The zero-order valence-corrected chi connectivity index (χ0v) is 8.85. The van der Waals surface area contributed by atoms with Crippen molar-refractivity contribution in [1.82, 2.24) is 5.32 Å². The molecule has 1 aliphatic heterocycles. The zero-order valence-electron chi connectivity index (χ0n) is 8.85. The molecule has 0 saturated carbocycles. The van der Waals surface area contributed by atoms with Crippen LogP contribution in [0.4, 0.5) is 4.39 Å². The average molecular weight is 187 g/mol. The second-order valence-corrected chi connectivity index (χ2v) is 4.59. The minimum atomic E-state index is -0.570. The van der Waals surface area contributed by atoms with Crippen molar-refractivity contribution in [3.8, 4) is 0 Å². The summed E-state index contributed by atoms with van der Waals surface area (Å²) in [6, 6.07) is 0. The molecule has 0 aromatic carbocycles. The molecule has 1 rings (SSSR count). The summed E-state index contributed by atoms with van der Waals surface area (Å²) in [5.74, 6) is 0.809. The van der Waals surface area contributed by atoms with Gasteiger partial charge in [0.05, 0.1) is 0 Å². The summed E-state index contributed by atoms with van der Waals surface area (Å²) >= 11 is 0. The highest BCUT2D eigenvalue weighted by Gasteiger charge is 2.22. The van der Waals surface area contributed by atoms with E-state index in [9.17, 15) is 4.39 Å². The van der Waals surface area contributed by atoms with E-state index in [1.165, 1.54) is 0 Å². The van der Waals surface area contributed by atoms with Crippen molar-refractivity contribution in [3.05, 3.63) is 0 Å². The first-order valence-electron chi connectivity index (χ1n) is 5.55. The summed E-state index contributed by atoms with van der Waals surface area (Å²) in [5, 5.41) is 3.32. The fourth-order valence-electron chi connectivity index (χ4n) is 2.05. The summed E-state index contributed by atoms with van der Waals surface area (Å²) < 4.78 is 13.7. The molecule has 0 spiro atoms. The van der Waals surface area contributed by atoms with Crippen molar-refractivity contribution < 1.29 is 4.39 Å². The second-order valence-electron chi connectivity index (χ2n) is 4.59. The van der Waals surface area contributed by atoms with Gasteiger partial charge in [0, 0.05) is 0 Å². The molecule has 13 heavy (non-hydrogen) atoms. The molecule has 2 unspecified atom stereocenters.